The van der Waals surface area contributed by atoms with Crippen molar-refractivity contribution in [2.45, 2.75) is 18.3 Å². The molecule has 0 bridgehead atoms. The van der Waals surface area contributed by atoms with E-state index in [2.05, 4.69) is 15.3 Å². The van der Waals surface area contributed by atoms with Crippen molar-refractivity contribution in [2.75, 3.05) is 18.7 Å². The van der Waals surface area contributed by atoms with Crippen molar-refractivity contribution < 1.29 is 27.9 Å². The maximum absolute atomic E-state index is 13.3. The van der Waals surface area contributed by atoms with Gasteiger partial charge in [-0.2, -0.15) is 4.98 Å². The summed E-state index contributed by atoms with van der Waals surface area (Å²) in [7, 11) is -2.29. The lowest BCUT2D eigenvalue weighted by molar-refractivity contribution is 0.0678. The van der Waals surface area contributed by atoms with Crippen molar-refractivity contribution in [2.24, 2.45) is 0 Å². The number of aromatic carboxylic acids is 1. The summed E-state index contributed by atoms with van der Waals surface area (Å²) in [6, 6.07) is 15.9. The van der Waals surface area contributed by atoms with Gasteiger partial charge < -0.3 is 20.0 Å². The molecular formula is C24H22N4O7S. The molecule has 0 fully saturated rings. The van der Waals surface area contributed by atoms with Gasteiger partial charge in [0.15, 0.2) is 11.2 Å². The minimum Gasteiger partial charge on any atom is -0.497 e. The molecule has 0 saturated heterocycles. The number of nitrogens with zero attached hydrogens (tertiary/aromatic N) is 3. The molecule has 186 valence electrons. The highest BCUT2D eigenvalue weighted by Crippen LogP contribution is 2.25. The number of ether oxygens (including phenoxy) is 1. The Bertz CT molecular complexity index is 1590. The molecule has 2 N–H and O–H groups in total. The fourth-order valence-corrected chi connectivity index (χ4v) is 3.95. The largest absolute Gasteiger partial charge is 0.497 e. The van der Waals surface area contributed by atoms with E-state index in [1.165, 1.54) is 7.11 Å². The molecule has 12 heteroatoms. The van der Waals surface area contributed by atoms with E-state index in [9.17, 15) is 23.1 Å². The number of rotatable bonds is 9. The molecule has 0 spiro atoms. The van der Waals surface area contributed by atoms with Gasteiger partial charge in [0.1, 0.15) is 12.4 Å². The molecule has 0 radical (unpaired) electrons. The molecule has 0 aliphatic rings. The molecule has 0 amide bonds. The third kappa shape index (κ3) is 5.13. The standard InChI is InChI=1S/C24H22N4O7S/c1-34-17-10-8-15(9-11-17)12-25-20-18-13-26-24(36(2,32)33)27-21(18)28(22(29)19(20)23(30)31)35-14-16-6-4-3-5-7-16/h3-11,13,25H,12,14H2,1-2H3,(H,30,31). The van der Waals surface area contributed by atoms with Gasteiger partial charge in [-0.3, -0.25) is 4.79 Å². The maximum atomic E-state index is 13.3. The van der Waals surface area contributed by atoms with E-state index in [-0.39, 0.29) is 29.9 Å². The lowest BCUT2D eigenvalue weighted by Gasteiger charge is -2.17. The topological polar surface area (TPSA) is 150 Å². The van der Waals surface area contributed by atoms with Crippen molar-refractivity contribution in [3.8, 4) is 5.75 Å². The number of benzene rings is 2. The van der Waals surface area contributed by atoms with Crippen LogP contribution < -0.4 is 20.5 Å². The summed E-state index contributed by atoms with van der Waals surface area (Å²) in [6.07, 6.45) is 2.08. The smallest absolute Gasteiger partial charge is 0.343 e. The van der Waals surface area contributed by atoms with E-state index in [1.54, 1.807) is 48.5 Å². The van der Waals surface area contributed by atoms with Crippen molar-refractivity contribution in [1.29, 1.82) is 0 Å². The Morgan fingerprint density at radius 1 is 1.08 bits per heavy atom. The number of nitrogens with one attached hydrogen (secondary N) is 1. The van der Waals surface area contributed by atoms with Crippen LogP contribution in [-0.4, -0.2) is 47.6 Å². The minimum atomic E-state index is -3.83. The Morgan fingerprint density at radius 3 is 2.39 bits per heavy atom. The van der Waals surface area contributed by atoms with Gasteiger partial charge in [-0.1, -0.05) is 42.5 Å². The normalized spacial score (nSPS) is 11.3. The van der Waals surface area contributed by atoms with Crippen LogP contribution >= 0.6 is 0 Å². The molecule has 2 aromatic heterocycles. The number of methoxy groups -OCH3 is 1. The Morgan fingerprint density at radius 2 is 1.78 bits per heavy atom. The van der Waals surface area contributed by atoms with E-state index in [1.807, 2.05) is 6.07 Å². The van der Waals surface area contributed by atoms with Gasteiger partial charge >= 0.3 is 11.5 Å². The number of carbonyl (C=O) groups is 1. The van der Waals surface area contributed by atoms with Crippen molar-refractivity contribution >= 4 is 32.5 Å². The van der Waals surface area contributed by atoms with Crippen LogP contribution in [0.25, 0.3) is 11.0 Å². The third-order valence-corrected chi connectivity index (χ3v) is 6.09. The van der Waals surface area contributed by atoms with E-state index in [4.69, 9.17) is 9.57 Å². The van der Waals surface area contributed by atoms with Gasteiger partial charge in [0.05, 0.1) is 18.2 Å². The van der Waals surface area contributed by atoms with E-state index in [0.29, 0.717) is 16.0 Å². The Labute approximate surface area is 205 Å². The highest BCUT2D eigenvalue weighted by atomic mass is 32.2. The first-order valence-corrected chi connectivity index (χ1v) is 12.5. The van der Waals surface area contributed by atoms with Crippen LogP contribution in [0.5, 0.6) is 5.75 Å². The minimum absolute atomic E-state index is 0.0575. The van der Waals surface area contributed by atoms with Gasteiger partial charge in [-0.05, 0) is 23.3 Å². The molecule has 11 nitrogen and oxygen atoms in total. The van der Waals surface area contributed by atoms with Crippen LogP contribution in [0.4, 0.5) is 5.69 Å². The van der Waals surface area contributed by atoms with Gasteiger partial charge in [0.2, 0.25) is 15.0 Å². The summed E-state index contributed by atoms with van der Waals surface area (Å²) in [5.74, 6) is -0.848. The fourth-order valence-electron chi connectivity index (χ4n) is 3.46. The number of fused-ring (bicyclic) bond motifs is 1. The Kier molecular flexibility index (Phi) is 6.88. The van der Waals surface area contributed by atoms with Crippen LogP contribution in [0.1, 0.15) is 21.5 Å². The molecule has 0 aliphatic heterocycles. The second kappa shape index (κ2) is 10.0. The van der Waals surface area contributed by atoms with Crippen molar-refractivity contribution in [3.63, 3.8) is 0 Å². The molecule has 2 aromatic carbocycles. The number of carboxylic acids is 1. The third-order valence-electron chi connectivity index (χ3n) is 5.23. The van der Waals surface area contributed by atoms with Crippen LogP contribution in [0, 0.1) is 0 Å². The zero-order valence-electron chi connectivity index (χ0n) is 19.3. The average Bonchev–Trinajstić information content (AvgIpc) is 2.86. The van der Waals surface area contributed by atoms with Crippen LogP contribution in [0.15, 0.2) is 70.7 Å². The van der Waals surface area contributed by atoms with Gasteiger partial charge in [-0.25, -0.2) is 18.2 Å². The number of aromatic nitrogens is 3. The lowest BCUT2D eigenvalue weighted by Crippen LogP contribution is -2.33. The quantitative estimate of drug-likeness (QED) is 0.321. The second-order valence-electron chi connectivity index (χ2n) is 7.78. The number of hydrogen-bond acceptors (Lipinski definition) is 9. The molecular weight excluding hydrogens is 488 g/mol. The highest BCUT2D eigenvalue weighted by molar-refractivity contribution is 7.90. The van der Waals surface area contributed by atoms with E-state index < -0.39 is 32.1 Å². The zero-order valence-corrected chi connectivity index (χ0v) is 20.2. The summed E-state index contributed by atoms with van der Waals surface area (Å²) in [4.78, 5) is 39.1. The maximum Gasteiger partial charge on any atom is 0.343 e. The van der Waals surface area contributed by atoms with Crippen LogP contribution in [-0.2, 0) is 23.0 Å². The molecule has 2 heterocycles. The number of pyridine rings is 1. The molecule has 4 rings (SSSR count). The number of hydrogen-bond donors (Lipinski definition) is 2. The molecule has 0 atom stereocenters. The molecule has 36 heavy (non-hydrogen) atoms. The van der Waals surface area contributed by atoms with Crippen molar-refractivity contribution in [1.82, 2.24) is 14.7 Å². The first-order chi connectivity index (χ1) is 17.2. The molecule has 4 aromatic rings. The monoisotopic (exact) mass is 510 g/mol. The summed E-state index contributed by atoms with van der Waals surface area (Å²) < 4.78 is 30.0. The highest BCUT2D eigenvalue weighted by Gasteiger charge is 2.26. The fraction of sp³-hybridized carbons (Fsp3) is 0.167. The summed E-state index contributed by atoms with van der Waals surface area (Å²) >= 11 is 0. The Balaban J connectivity index is 1.86. The van der Waals surface area contributed by atoms with Crippen molar-refractivity contribution in [3.05, 3.63) is 87.8 Å². The second-order valence-corrected chi connectivity index (χ2v) is 9.69. The summed E-state index contributed by atoms with van der Waals surface area (Å²) in [6.45, 7) is 0.0628. The lowest BCUT2D eigenvalue weighted by atomic mass is 10.1. The average molecular weight is 511 g/mol. The zero-order chi connectivity index (χ0) is 25.9. The first kappa shape index (κ1) is 24.7. The molecule has 0 saturated carbocycles. The predicted molar refractivity (Wildman–Crippen MR) is 131 cm³/mol. The van der Waals surface area contributed by atoms with Gasteiger partial charge in [0, 0.05) is 19.0 Å². The Hall–Kier alpha value is -4.45. The van der Waals surface area contributed by atoms with Crippen LogP contribution in [0.2, 0.25) is 0 Å². The van der Waals surface area contributed by atoms with Gasteiger partial charge in [0.25, 0.3) is 0 Å². The molecule has 0 unspecified atom stereocenters. The number of sulfone groups is 1. The summed E-state index contributed by atoms with van der Waals surface area (Å²) in [5, 5.41) is 12.4. The first-order valence-electron chi connectivity index (χ1n) is 10.6. The SMILES string of the molecule is COc1ccc(CNc2c(C(=O)O)c(=O)n(OCc3ccccc3)c3nc(S(C)(=O)=O)ncc23)cc1. The predicted octanol–water partition coefficient (Wildman–Crippen LogP) is 2.14. The number of carboxylic acid groups (broad SMARTS) is 1. The van der Waals surface area contributed by atoms with E-state index in [0.717, 1.165) is 18.0 Å². The van der Waals surface area contributed by atoms with Gasteiger partial charge in [-0.15, -0.1) is 4.73 Å². The summed E-state index contributed by atoms with van der Waals surface area (Å²) in [5.41, 5.74) is -0.375. The number of anilines is 1. The molecule has 0 aliphatic carbocycles. The van der Waals surface area contributed by atoms with E-state index >= 15 is 0 Å². The van der Waals surface area contributed by atoms with Crippen LogP contribution in [0.3, 0.4) is 0 Å².